The number of hydrogen-bond acceptors (Lipinski definition) is 4. The SMILES string of the molecule is CC(CSSc1ccccc1N=[N+]=[N-])C(N)=O. The van der Waals surface area contributed by atoms with Gasteiger partial charge in [0.05, 0.1) is 5.69 Å². The van der Waals surface area contributed by atoms with Gasteiger partial charge in [-0.05, 0) is 11.6 Å². The topological polar surface area (TPSA) is 91.8 Å². The minimum Gasteiger partial charge on any atom is -0.369 e. The van der Waals surface area contributed by atoms with E-state index in [1.54, 1.807) is 13.0 Å². The number of carbonyl (C=O) groups is 1. The van der Waals surface area contributed by atoms with Crippen molar-refractivity contribution in [2.75, 3.05) is 5.75 Å². The van der Waals surface area contributed by atoms with Crippen molar-refractivity contribution in [2.45, 2.75) is 11.8 Å². The summed E-state index contributed by atoms with van der Waals surface area (Å²) in [4.78, 5) is 14.5. The van der Waals surface area contributed by atoms with Gasteiger partial charge in [-0.25, -0.2) is 0 Å². The van der Waals surface area contributed by atoms with E-state index in [2.05, 4.69) is 10.0 Å². The maximum Gasteiger partial charge on any atom is 0.221 e. The molecule has 1 rings (SSSR count). The second-order valence-corrected chi connectivity index (χ2v) is 5.71. The van der Waals surface area contributed by atoms with Crippen molar-refractivity contribution in [2.24, 2.45) is 16.8 Å². The molecule has 1 amide bonds. The normalized spacial score (nSPS) is 11.6. The van der Waals surface area contributed by atoms with E-state index < -0.39 is 0 Å². The fraction of sp³-hybridized carbons (Fsp3) is 0.300. The molecule has 90 valence electrons. The Morgan fingerprint density at radius 3 is 2.94 bits per heavy atom. The Morgan fingerprint density at radius 1 is 1.59 bits per heavy atom. The van der Waals surface area contributed by atoms with Crippen LogP contribution < -0.4 is 5.73 Å². The quantitative estimate of drug-likeness (QED) is 0.370. The number of amides is 1. The standard InChI is InChI=1S/C10H12N4OS2/c1-7(10(11)15)6-16-17-9-5-3-2-4-8(9)13-14-12/h2-5,7H,6H2,1H3,(H2,11,15). The number of nitrogens with two attached hydrogens (primary N) is 1. The first kappa shape index (κ1) is 13.8. The van der Waals surface area contributed by atoms with Crippen LogP contribution in [0.15, 0.2) is 34.3 Å². The third-order valence-corrected chi connectivity index (χ3v) is 4.55. The maximum absolute atomic E-state index is 10.8. The fourth-order valence-corrected chi connectivity index (χ4v) is 3.45. The summed E-state index contributed by atoms with van der Waals surface area (Å²) in [5.41, 5.74) is 14.2. The van der Waals surface area contributed by atoms with E-state index in [1.807, 2.05) is 18.2 Å². The summed E-state index contributed by atoms with van der Waals surface area (Å²) in [7, 11) is 2.99. The van der Waals surface area contributed by atoms with Gasteiger partial charge < -0.3 is 5.73 Å². The van der Waals surface area contributed by atoms with Gasteiger partial charge in [0.2, 0.25) is 5.91 Å². The molecule has 1 unspecified atom stereocenters. The van der Waals surface area contributed by atoms with E-state index >= 15 is 0 Å². The van der Waals surface area contributed by atoms with Crippen LogP contribution in [-0.4, -0.2) is 11.7 Å². The van der Waals surface area contributed by atoms with E-state index in [-0.39, 0.29) is 11.8 Å². The Balaban J connectivity index is 2.57. The molecule has 0 saturated carbocycles. The lowest BCUT2D eigenvalue weighted by Gasteiger charge is -2.07. The molecule has 0 aliphatic carbocycles. The zero-order valence-electron chi connectivity index (χ0n) is 9.24. The zero-order valence-corrected chi connectivity index (χ0v) is 10.9. The molecule has 2 N–H and O–H groups in total. The van der Waals surface area contributed by atoms with Gasteiger partial charge in [0.1, 0.15) is 0 Å². The van der Waals surface area contributed by atoms with E-state index in [0.29, 0.717) is 11.4 Å². The highest BCUT2D eigenvalue weighted by atomic mass is 33.1. The highest BCUT2D eigenvalue weighted by molar-refractivity contribution is 8.76. The lowest BCUT2D eigenvalue weighted by molar-refractivity contribution is -0.120. The van der Waals surface area contributed by atoms with Gasteiger partial charge in [-0.2, -0.15) is 0 Å². The van der Waals surface area contributed by atoms with Crippen LogP contribution in [0.4, 0.5) is 5.69 Å². The fourth-order valence-electron chi connectivity index (χ4n) is 0.940. The second kappa shape index (κ2) is 7.11. The number of hydrogen-bond donors (Lipinski definition) is 1. The molecule has 1 aromatic rings. The van der Waals surface area contributed by atoms with Crippen molar-refractivity contribution < 1.29 is 4.79 Å². The summed E-state index contributed by atoms with van der Waals surface area (Å²) < 4.78 is 0. The smallest absolute Gasteiger partial charge is 0.221 e. The molecule has 17 heavy (non-hydrogen) atoms. The Kier molecular flexibility index (Phi) is 5.76. The van der Waals surface area contributed by atoms with E-state index in [0.717, 1.165) is 4.90 Å². The largest absolute Gasteiger partial charge is 0.369 e. The molecule has 0 aliphatic heterocycles. The third kappa shape index (κ3) is 4.60. The molecule has 0 fully saturated rings. The summed E-state index contributed by atoms with van der Waals surface area (Å²) >= 11 is 0. The van der Waals surface area contributed by atoms with Crippen LogP contribution in [0.1, 0.15) is 6.92 Å². The van der Waals surface area contributed by atoms with Crippen molar-refractivity contribution in [3.8, 4) is 0 Å². The highest BCUT2D eigenvalue weighted by Crippen LogP contribution is 2.38. The van der Waals surface area contributed by atoms with E-state index in [4.69, 9.17) is 11.3 Å². The number of benzene rings is 1. The Labute approximate surface area is 107 Å². The summed E-state index contributed by atoms with van der Waals surface area (Å²) in [6.07, 6.45) is 0. The van der Waals surface area contributed by atoms with Crippen LogP contribution in [-0.2, 0) is 4.79 Å². The second-order valence-electron chi connectivity index (χ2n) is 3.33. The van der Waals surface area contributed by atoms with Crippen molar-refractivity contribution in [1.29, 1.82) is 0 Å². The van der Waals surface area contributed by atoms with Gasteiger partial charge in [0, 0.05) is 21.5 Å². The van der Waals surface area contributed by atoms with Crippen LogP contribution in [0, 0.1) is 5.92 Å². The lowest BCUT2D eigenvalue weighted by Crippen LogP contribution is -2.21. The number of carbonyl (C=O) groups excluding carboxylic acids is 1. The molecule has 1 aromatic carbocycles. The van der Waals surface area contributed by atoms with Gasteiger partial charge in [-0.3, -0.25) is 4.79 Å². The van der Waals surface area contributed by atoms with Crippen LogP contribution in [0.2, 0.25) is 0 Å². The number of azide groups is 1. The predicted molar refractivity (Wildman–Crippen MR) is 71.9 cm³/mol. The summed E-state index contributed by atoms with van der Waals surface area (Å²) in [6, 6.07) is 7.30. The molecule has 1 atom stereocenters. The van der Waals surface area contributed by atoms with E-state index in [9.17, 15) is 4.79 Å². The Bertz CT molecular complexity index is 446. The predicted octanol–water partition coefficient (Wildman–Crippen LogP) is 3.49. The van der Waals surface area contributed by atoms with Crippen molar-refractivity contribution >= 4 is 33.2 Å². The average Bonchev–Trinajstić information content (AvgIpc) is 2.31. The van der Waals surface area contributed by atoms with Gasteiger partial charge >= 0.3 is 0 Å². The molecule has 0 aliphatic rings. The van der Waals surface area contributed by atoms with Crippen LogP contribution in [0.3, 0.4) is 0 Å². The van der Waals surface area contributed by atoms with Crippen molar-refractivity contribution in [3.05, 3.63) is 34.7 Å². The zero-order chi connectivity index (χ0) is 12.7. The summed E-state index contributed by atoms with van der Waals surface area (Å²) in [5.74, 6) is 0.158. The summed E-state index contributed by atoms with van der Waals surface area (Å²) in [6.45, 7) is 1.79. The van der Waals surface area contributed by atoms with E-state index in [1.165, 1.54) is 21.6 Å². The minimum atomic E-state index is -0.304. The molecule has 7 heteroatoms. The molecule has 0 radical (unpaired) electrons. The van der Waals surface area contributed by atoms with Gasteiger partial charge in [0.15, 0.2) is 0 Å². The first-order valence-electron chi connectivity index (χ1n) is 4.88. The van der Waals surface area contributed by atoms with Crippen molar-refractivity contribution in [3.63, 3.8) is 0 Å². The molecular weight excluding hydrogens is 256 g/mol. The lowest BCUT2D eigenvalue weighted by atomic mass is 10.2. The van der Waals surface area contributed by atoms with Crippen LogP contribution in [0.5, 0.6) is 0 Å². The van der Waals surface area contributed by atoms with Gasteiger partial charge in [-0.15, -0.1) is 0 Å². The molecule has 5 nitrogen and oxygen atoms in total. The molecular formula is C10H12N4OS2. The van der Waals surface area contributed by atoms with Crippen LogP contribution >= 0.6 is 21.6 Å². The highest BCUT2D eigenvalue weighted by Gasteiger charge is 2.09. The number of primary amides is 1. The molecule has 0 heterocycles. The first-order chi connectivity index (χ1) is 8.15. The van der Waals surface area contributed by atoms with Crippen LogP contribution in [0.25, 0.3) is 10.4 Å². The van der Waals surface area contributed by atoms with Gasteiger partial charge in [0.25, 0.3) is 0 Å². The monoisotopic (exact) mass is 268 g/mol. The first-order valence-corrected chi connectivity index (χ1v) is 7.20. The molecule has 0 aromatic heterocycles. The molecule has 0 saturated heterocycles. The molecule has 0 bridgehead atoms. The minimum absolute atomic E-state index is 0.167. The average molecular weight is 268 g/mol. The Morgan fingerprint density at radius 2 is 2.29 bits per heavy atom. The number of rotatable bonds is 6. The molecule has 0 spiro atoms. The third-order valence-electron chi connectivity index (χ3n) is 1.97. The Hall–Kier alpha value is -1.30. The maximum atomic E-state index is 10.8. The van der Waals surface area contributed by atoms with Gasteiger partial charge in [-0.1, -0.05) is 51.8 Å². The van der Waals surface area contributed by atoms with Crippen molar-refractivity contribution in [1.82, 2.24) is 0 Å². The number of nitrogens with zero attached hydrogens (tertiary/aromatic N) is 3. The summed E-state index contributed by atoms with van der Waals surface area (Å²) in [5, 5.41) is 3.59.